The lowest BCUT2D eigenvalue weighted by molar-refractivity contribution is -0.384. The van der Waals surface area contributed by atoms with Crippen molar-refractivity contribution in [3.05, 3.63) is 141 Å². The summed E-state index contributed by atoms with van der Waals surface area (Å²) in [6.45, 7) is 0. The minimum absolute atomic E-state index is 0.188. The first-order valence-corrected chi connectivity index (χ1v) is 12.0. The van der Waals surface area contributed by atoms with Crippen molar-refractivity contribution in [3.8, 4) is 11.1 Å². The highest BCUT2D eigenvalue weighted by Gasteiger charge is 2.22. The highest BCUT2D eigenvalue weighted by atomic mass is 16.6. The maximum atomic E-state index is 14.0. The molecule has 0 saturated carbocycles. The number of anilines is 4. The Morgan fingerprint density at radius 3 is 1.65 bits per heavy atom. The van der Waals surface area contributed by atoms with Crippen LogP contribution in [0.15, 0.2) is 110 Å². The van der Waals surface area contributed by atoms with Gasteiger partial charge in [0.1, 0.15) is 23.8 Å². The molecule has 5 rings (SSSR count). The van der Waals surface area contributed by atoms with Gasteiger partial charge in [0.05, 0.1) is 9.85 Å². The number of ketones is 1. The predicted octanol–water partition coefficient (Wildman–Crippen LogP) is 6.68. The van der Waals surface area contributed by atoms with Crippen molar-refractivity contribution in [2.45, 2.75) is 0 Å². The van der Waals surface area contributed by atoms with E-state index >= 15 is 0 Å². The zero-order valence-electron chi connectivity index (χ0n) is 20.7. The number of pyridine rings is 2. The lowest BCUT2D eigenvalue weighted by Gasteiger charge is -2.16. The molecule has 0 amide bonds. The maximum absolute atomic E-state index is 14.0. The molecule has 196 valence electrons. The molecule has 0 saturated heterocycles. The smallest absolute Gasteiger partial charge is 0.310 e. The van der Waals surface area contributed by atoms with Crippen LogP contribution in [0.25, 0.3) is 11.1 Å². The average molecular weight is 533 g/mol. The molecule has 2 N–H and O–H groups in total. The molecule has 2 heterocycles. The molecule has 0 aliphatic heterocycles. The van der Waals surface area contributed by atoms with Crippen LogP contribution in [0.2, 0.25) is 0 Å². The summed E-state index contributed by atoms with van der Waals surface area (Å²) < 4.78 is 0. The van der Waals surface area contributed by atoms with Gasteiger partial charge in [-0.1, -0.05) is 54.6 Å². The van der Waals surface area contributed by atoms with Crippen LogP contribution >= 0.6 is 0 Å². The van der Waals surface area contributed by atoms with Crippen LogP contribution in [0.5, 0.6) is 0 Å². The van der Waals surface area contributed by atoms with E-state index in [1.165, 1.54) is 30.7 Å². The molecule has 0 unspecified atom stereocenters. The van der Waals surface area contributed by atoms with Crippen molar-refractivity contribution in [1.82, 2.24) is 9.97 Å². The molecule has 0 aliphatic rings. The van der Waals surface area contributed by atoms with E-state index in [-0.39, 0.29) is 28.5 Å². The Bertz CT molecular complexity index is 1760. The standard InChI is InChI=1S/C29H20N6O5/c36-29(22-10-4-6-12-24(22)33-26-14-16-31-18-28(26)35(39)40)21-9-2-1-7-19(21)20-8-3-5-11-23(20)32-25-13-15-30-17-27(25)34(37)38/h1-18H,(H,30,32)(H,31,33). The fourth-order valence-electron chi connectivity index (χ4n) is 4.24. The van der Waals surface area contributed by atoms with Gasteiger partial charge in [-0.3, -0.25) is 35.0 Å². The third kappa shape index (κ3) is 5.20. The van der Waals surface area contributed by atoms with E-state index in [1.54, 1.807) is 66.7 Å². The number of rotatable bonds is 9. The van der Waals surface area contributed by atoms with Crippen molar-refractivity contribution in [2.24, 2.45) is 0 Å². The Balaban J connectivity index is 1.55. The molecule has 40 heavy (non-hydrogen) atoms. The summed E-state index contributed by atoms with van der Waals surface area (Å²) in [6, 6.07) is 23.9. The lowest BCUT2D eigenvalue weighted by atomic mass is 9.92. The number of nitrogens with zero attached hydrogens (tertiary/aromatic N) is 4. The lowest BCUT2D eigenvalue weighted by Crippen LogP contribution is -2.08. The van der Waals surface area contributed by atoms with E-state index in [2.05, 4.69) is 20.6 Å². The number of hydrogen-bond donors (Lipinski definition) is 2. The minimum atomic E-state index is -0.549. The van der Waals surface area contributed by atoms with Gasteiger partial charge in [0.2, 0.25) is 0 Å². The minimum Gasteiger partial charge on any atom is -0.349 e. The number of benzene rings is 3. The summed E-state index contributed by atoms with van der Waals surface area (Å²) in [5, 5.41) is 29.1. The van der Waals surface area contributed by atoms with E-state index in [0.717, 1.165) is 6.20 Å². The van der Waals surface area contributed by atoms with Gasteiger partial charge in [0.25, 0.3) is 0 Å². The molecule has 0 spiro atoms. The van der Waals surface area contributed by atoms with Gasteiger partial charge < -0.3 is 10.6 Å². The predicted molar refractivity (Wildman–Crippen MR) is 150 cm³/mol. The van der Waals surface area contributed by atoms with Gasteiger partial charge in [0, 0.05) is 40.5 Å². The van der Waals surface area contributed by atoms with Crippen LogP contribution in [-0.2, 0) is 0 Å². The third-order valence-electron chi connectivity index (χ3n) is 6.09. The van der Waals surface area contributed by atoms with Crippen LogP contribution in [0.4, 0.5) is 34.1 Å². The summed E-state index contributed by atoms with van der Waals surface area (Å²) in [6.07, 6.45) is 5.18. The zero-order chi connectivity index (χ0) is 28.1. The van der Waals surface area contributed by atoms with Gasteiger partial charge in [0.15, 0.2) is 5.78 Å². The molecule has 2 aromatic heterocycles. The van der Waals surface area contributed by atoms with E-state index in [4.69, 9.17) is 0 Å². The second-order valence-corrected chi connectivity index (χ2v) is 8.52. The van der Waals surface area contributed by atoms with Gasteiger partial charge in [-0.25, -0.2) is 0 Å². The number of para-hydroxylation sites is 2. The van der Waals surface area contributed by atoms with Crippen LogP contribution in [-0.4, -0.2) is 25.6 Å². The first-order chi connectivity index (χ1) is 19.4. The number of hydrogen-bond acceptors (Lipinski definition) is 9. The van der Waals surface area contributed by atoms with E-state index < -0.39 is 9.85 Å². The van der Waals surface area contributed by atoms with Crippen molar-refractivity contribution in [3.63, 3.8) is 0 Å². The Morgan fingerprint density at radius 2 is 1.05 bits per heavy atom. The van der Waals surface area contributed by atoms with E-state index in [9.17, 15) is 25.0 Å². The molecule has 5 aromatic rings. The number of aromatic nitrogens is 2. The van der Waals surface area contributed by atoms with E-state index in [1.807, 2.05) is 6.07 Å². The highest BCUT2D eigenvalue weighted by molar-refractivity contribution is 6.16. The first kappa shape index (κ1) is 25.7. The second-order valence-electron chi connectivity index (χ2n) is 8.52. The topological polar surface area (TPSA) is 153 Å². The Labute approximate surface area is 227 Å². The number of carbonyl (C=O) groups is 1. The Hall–Kier alpha value is -5.97. The van der Waals surface area contributed by atoms with Gasteiger partial charge >= 0.3 is 11.4 Å². The fraction of sp³-hybridized carbons (Fsp3) is 0. The summed E-state index contributed by atoms with van der Waals surface area (Å²) in [7, 11) is 0. The van der Waals surface area contributed by atoms with Crippen LogP contribution in [0.3, 0.4) is 0 Å². The highest BCUT2D eigenvalue weighted by Crippen LogP contribution is 2.36. The van der Waals surface area contributed by atoms with Gasteiger partial charge in [-0.2, -0.15) is 0 Å². The van der Waals surface area contributed by atoms with Gasteiger partial charge in [-0.15, -0.1) is 0 Å². The van der Waals surface area contributed by atoms with E-state index in [0.29, 0.717) is 33.6 Å². The average Bonchev–Trinajstić information content (AvgIpc) is 2.98. The first-order valence-electron chi connectivity index (χ1n) is 12.0. The normalized spacial score (nSPS) is 10.5. The summed E-state index contributed by atoms with van der Waals surface area (Å²) in [4.78, 5) is 43.6. The van der Waals surface area contributed by atoms with Crippen molar-refractivity contribution >= 4 is 39.9 Å². The fourth-order valence-corrected chi connectivity index (χ4v) is 4.24. The van der Waals surface area contributed by atoms with Crippen LogP contribution < -0.4 is 10.6 Å². The molecule has 3 aromatic carbocycles. The molecular weight excluding hydrogens is 512 g/mol. The molecule has 0 bridgehead atoms. The molecule has 11 heteroatoms. The molecule has 0 fully saturated rings. The Kier molecular flexibility index (Phi) is 7.18. The third-order valence-corrected chi connectivity index (χ3v) is 6.09. The van der Waals surface area contributed by atoms with Crippen molar-refractivity contribution < 1.29 is 14.6 Å². The zero-order valence-corrected chi connectivity index (χ0v) is 20.7. The SMILES string of the molecule is O=C(c1ccccc1Nc1ccncc1[N+](=O)[O-])c1ccccc1-c1ccccc1Nc1ccncc1[N+](=O)[O-]. The van der Waals surface area contributed by atoms with Crippen LogP contribution in [0, 0.1) is 20.2 Å². The molecule has 11 nitrogen and oxygen atoms in total. The monoisotopic (exact) mass is 532 g/mol. The molecule has 0 atom stereocenters. The number of nitro groups is 2. The summed E-state index contributed by atoms with van der Waals surface area (Å²) in [5.41, 5.74) is 2.89. The van der Waals surface area contributed by atoms with Crippen molar-refractivity contribution in [1.29, 1.82) is 0 Å². The summed E-state index contributed by atoms with van der Waals surface area (Å²) >= 11 is 0. The maximum Gasteiger partial charge on any atom is 0.310 e. The Morgan fingerprint density at radius 1 is 0.575 bits per heavy atom. The quantitative estimate of drug-likeness (QED) is 0.120. The molecule has 0 radical (unpaired) electrons. The molecule has 0 aliphatic carbocycles. The van der Waals surface area contributed by atoms with Crippen LogP contribution in [0.1, 0.15) is 15.9 Å². The van der Waals surface area contributed by atoms with Crippen molar-refractivity contribution in [2.75, 3.05) is 10.6 Å². The number of nitrogens with one attached hydrogen (secondary N) is 2. The largest absolute Gasteiger partial charge is 0.349 e. The summed E-state index contributed by atoms with van der Waals surface area (Å²) in [5.74, 6) is -0.319. The second kappa shape index (κ2) is 11.2. The number of carbonyl (C=O) groups excluding carboxylic acids is 1. The molecular formula is C29H20N6O5. The van der Waals surface area contributed by atoms with Gasteiger partial charge in [-0.05, 0) is 35.9 Å².